The molecular formula is C28H21N3O3. The van der Waals surface area contributed by atoms with E-state index in [4.69, 9.17) is 4.74 Å². The van der Waals surface area contributed by atoms with E-state index in [9.17, 15) is 9.59 Å². The second-order valence-electron chi connectivity index (χ2n) is 8.41. The maximum absolute atomic E-state index is 13.3. The van der Waals surface area contributed by atoms with Gasteiger partial charge < -0.3 is 10.1 Å². The summed E-state index contributed by atoms with van der Waals surface area (Å²) in [5, 5.41) is 6.25. The molecule has 6 rings (SSSR count). The lowest BCUT2D eigenvalue weighted by Crippen LogP contribution is -2.31. The number of carbonyl (C=O) groups excluding carboxylic acids is 1. The molecule has 1 N–H and O–H groups in total. The summed E-state index contributed by atoms with van der Waals surface area (Å²) in [6.45, 7) is 1.84. The molecule has 34 heavy (non-hydrogen) atoms. The molecule has 0 fully saturated rings. The van der Waals surface area contributed by atoms with E-state index in [0.29, 0.717) is 11.1 Å². The van der Waals surface area contributed by atoms with Gasteiger partial charge in [0.2, 0.25) is 0 Å². The monoisotopic (exact) mass is 447 g/mol. The van der Waals surface area contributed by atoms with Gasteiger partial charge in [0.05, 0.1) is 22.6 Å². The first-order valence-corrected chi connectivity index (χ1v) is 11.2. The number of pyridine rings is 2. The number of hydrogen-bond acceptors (Lipinski definition) is 4. The van der Waals surface area contributed by atoms with Gasteiger partial charge in [-0.1, -0.05) is 48.5 Å². The SMILES string of the molecule is C[C@H](NC(=O)COc1ccc2c(c1)c1ccnc3c4ccccc4c(=O)n2c13)c1ccccc1. The van der Waals surface area contributed by atoms with E-state index in [-0.39, 0.29) is 24.1 Å². The summed E-state index contributed by atoms with van der Waals surface area (Å²) in [4.78, 5) is 30.4. The molecule has 0 spiro atoms. The number of fused-ring (bicyclic) bond motifs is 5. The lowest BCUT2D eigenvalue weighted by Gasteiger charge is -2.14. The fourth-order valence-electron chi connectivity index (χ4n) is 4.70. The van der Waals surface area contributed by atoms with Crippen LogP contribution < -0.4 is 15.6 Å². The molecule has 1 amide bonds. The highest BCUT2D eigenvalue weighted by Crippen LogP contribution is 2.34. The van der Waals surface area contributed by atoms with Crippen LogP contribution in [0.25, 0.3) is 38.1 Å². The first kappa shape index (κ1) is 20.2. The predicted octanol–water partition coefficient (Wildman–Crippen LogP) is 4.85. The molecule has 0 saturated carbocycles. The largest absolute Gasteiger partial charge is 0.484 e. The van der Waals surface area contributed by atoms with E-state index in [2.05, 4.69) is 10.3 Å². The predicted molar refractivity (Wildman–Crippen MR) is 134 cm³/mol. The van der Waals surface area contributed by atoms with Gasteiger partial charge in [-0.05, 0) is 42.8 Å². The Morgan fingerprint density at radius 2 is 1.71 bits per heavy atom. The second-order valence-corrected chi connectivity index (χ2v) is 8.41. The zero-order chi connectivity index (χ0) is 23.2. The van der Waals surface area contributed by atoms with E-state index >= 15 is 0 Å². The highest BCUT2D eigenvalue weighted by molar-refractivity contribution is 6.18. The standard InChI is InChI=1S/C28H21N3O3/c1-17(18-7-3-2-4-8-18)30-25(32)16-34-19-11-12-24-23(15-19)21-13-14-29-26-20-9-5-6-10-22(20)28(33)31(24)27(21)26/h2-15,17H,16H2,1H3,(H,30,32)/t17-/m0/s1. The van der Waals surface area contributed by atoms with Gasteiger partial charge in [0.1, 0.15) is 5.75 Å². The third-order valence-corrected chi connectivity index (χ3v) is 6.31. The van der Waals surface area contributed by atoms with Crippen molar-refractivity contribution in [2.24, 2.45) is 0 Å². The number of carbonyl (C=O) groups is 1. The summed E-state index contributed by atoms with van der Waals surface area (Å²) in [6.07, 6.45) is 1.76. The molecule has 1 atom stereocenters. The van der Waals surface area contributed by atoms with Crippen LogP contribution in [0.2, 0.25) is 0 Å². The zero-order valence-electron chi connectivity index (χ0n) is 18.5. The minimum absolute atomic E-state index is 0.0703. The number of nitrogens with zero attached hydrogens (tertiary/aromatic N) is 2. The van der Waals surface area contributed by atoms with Crippen molar-refractivity contribution in [3.05, 3.63) is 101 Å². The summed E-state index contributed by atoms with van der Waals surface area (Å²) >= 11 is 0. The molecule has 6 heteroatoms. The normalized spacial score (nSPS) is 12.5. The molecule has 0 aliphatic heterocycles. The number of rotatable bonds is 5. The molecule has 0 aliphatic rings. The first-order chi connectivity index (χ1) is 16.6. The van der Waals surface area contributed by atoms with Crippen LogP contribution in [0.5, 0.6) is 5.75 Å². The van der Waals surface area contributed by atoms with Crippen LogP contribution >= 0.6 is 0 Å². The van der Waals surface area contributed by atoms with Gasteiger partial charge in [-0.3, -0.25) is 19.0 Å². The maximum atomic E-state index is 13.3. The van der Waals surface area contributed by atoms with Gasteiger partial charge in [-0.15, -0.1) is 0 Å². The molecule has 3 heterocycles. The van der Waals surface area contributed by atoms with Crippen LogP contribution in [0.3, 0.4) is 0 Å². The van der Waals surface area contributed by atoms with Crippen LogP contribution in [-0.2, 0) is 4.79 Å². The van der Waals surface area contributed by atoms with Crippen molar-refractivity contribution in [3.8, 4) is 5.75 Å². The highest BCUT2D eigenvalue weighted by atomic mass is 16.5. The van der Waals surface area contributed by atoms with Crippen LogP contribution in [0.1, 0.15) is 18.5 Å². The van der Waals surface area contributed by atoms with Gasteiger partial charge >= 0.3 is 0 Å². The molecular weight excluding hydrogens is 426 g/mol. The van der Waals surface area contributed by atoms with Gasteiger partial charge in [0.25, 0.3) is 11.5 Å². The lowest BCUT2D eigenvalue weighted by molar-refractivity contribution is -0.123. The smallest absolute Gasteiger partial charge is 0.263 e. The Bertz CT molecular complexity index is 1740. The Balaban J connectivity index is 1.35. The Morgan fingerprint density at radius 3 is 2.53 bits per heavy atom. The average Bonchev–Trinajstić information content (AvgIpc) is 3.21. The minimum atomic E-state index is -0.200. The van der Waals surface area contributed by atoms with E-state index in [0.717, 1.165) is 38.3 Å². The van der Waals surface area contributed by atoms with E-state index in [1.54, 1.807) is 16.7 Å². The summed E-state index contributed by atoms with van der Waals surface area (Å²) in [6, 6.07) is 24.7. The fraction of sp³-hybridized carbons (Fsp3) is 0.107. The van der Waals surface area contributed by atoms with Crippen molar-refractivity contribution in [1.29, 1.82) is 0 Å². The molecule has 0 aliphatic carbocycles. The van der Waals surface area contributed by atoms with Gasteiger partial charge in [0.15, 0.2) is 6.61 Å². The van der Waals surface area contributed by atoms with Crippen LogP contribution in [0.15, 0.2) is 89.9 Å². The summed E-state index contributed by atoms with van der Waals surface area (Å²) in [5.41, 5.74) is 3.34. The first-order valence-electron chi connectivity index (χ1n) is 11.2. The summed E-state index contributed by atoms with van der Waals surface area (Å²) < 4.78 is 7.55. The number of ether oxygens (including phenoxy) is 1. The van der Waals surface area contributed by atoms with Gasteiger partial charge in [-0.25, -0.2) is 0 Å². The van der Waals surface area contributed by atoms with Gasteiger partial charge in [-0.2, -0.15) is 0 Å². The third kappa shape index (κ3) is 3.15. The summed E-state index contributed by atoms with van der Waals surface area (Å²) in [7, 11) is 0. The number of aromatic nitrogens is 2. The lowest BCUT2D eigenvalue weighted by atomic mass is 10.1. The number of hydrogen-bond donors (Lipinski definition) is 1. The molecule has 6 nitrogen and oxygen atoms in total. The van der Waals surface area contributed by atoms with E-state index < -0.39 is 0 Å². The van der Waals surface area contributed by atoms with Crippen molar-refractivity contribution < 1.29 is 9.53 Å². The Hall–Kier alpha value is -4.45. The second kappa shape index (κ2) is 7.85. The summed E-state index contributed by atoms with van der Waals surface area (Å²) in [5.74, 6) is 0.366. The molecule has 3 aromatic carbocycles. The van der Waals surface area contributed by atoms with E-state index in [1.807, 2.05) is 79.7 Å². The molecule has 3 aromatic heterocycles. The molecule has 0 unspecified atom stereocenters. The molecule has 0 radical (unpaired) electrons. The number of nitrogens with one attached hydrogen (secondary N) is 1. The third-order valence-electron chi connectivity index (χ3n) is 6.31. The van der Waals surface area contributed by atoms with Crippen molar-refractivity contribution >= 4 is 44.0 Å². The maximum Gasteiger partial charge on any atom is 0.263 e. The number of amides is 1. The van der Waals surface area contributed by atoms with Crippen molar-refractivity contribution in [2.75, 3.05) is 6.61 Å². The average molecular weight is 447 g/mol. The van der Waals surface area contributed by atoms with Crippen molar-refractivity contribution in [1.82, 2.24) is 14.7 Å². The van der Waals surface area contributed by atoms with Crippen molar-refractivity contribution in [2.45, 2.75) is 13.0 Å². The molecule has 0 bridgehead atoms. The van der Waals surface area contributed by atoms with Gasteiger partial charge in [0, 0.05) is 27.7 Å². The van der Waals surface area contributed by atoms with E-state index in [1.165, 1.54) is 0 Å². The highest BCUT2D eigenvalue weighted by Gasteiger charge is 2.18. The minimum Gasteiger partial charge on any atom is -0.484 e. The number of benzene rings is 3. The molecule has 166 valence electrons. The zero-order valence-corrected chi connectivity index (χ0v) is 18.5. The van der Waals surface area contributed by atoms with Crippen LogP contribution in [-0.4, -0.2) is 21.9 Å². The topological polar surface area (TPSA) is 72.7 Å². The Morgan fingerprint density at radius 1 is 0.941 bits per heavy atom. The van der Waals surface area contributed by atoms with Crippen molar-refractivity contribution in [3.63, 3.8) is 0 Å². The Kier molecular flexibility index (Phi) is 4.66. The molecule has 0 saturated heterocycles. The Labute approximate surface area is 194 Å². The quantitative estimate of drug-likeness (QED) is 0.384. The van der Waals surface area contributed by atoms with Crippen LogP contribution in [0.4, 0.5) is 0 Å². The van der Waals surface area contributed by atoms with Crippen LogP contribution in [0, 0.1) is 0 Å². The fourth-order valence-corrected chi connectivity index (χ4v) is 4.70. The molecule has 6 aromatic rings.